The molecule has 16 heavy (non-hydrogen) atoms. The van der Waals surface area contributed by atoms with Crippen molar-refractivity contribution in [2.24, 2.45) is 13.0 Å². The Morgan fingerprint density at radius 3 is 2.88 bits per heavy atom. The topological polar surface area (TPSA) is 29.9 Å². The van der Waals surface area contributed by atoms with Crippen LogP contribution in [0.2, 0.25) is 0 Å². The fourth-order valence-electron chi connectivity index (χ4n) is 2.70. The highest BCUT2D eigenvalue weighted by Gasteiger charge is 2.20. The molecule has 0 unspecified atom stereocenters. The van der Waals surface area contributed by atoms with Gasteiger partial charge in [0.1, 0.15) is 0 Å². The molecular formula is C13H23N3. The summed E-state index contributed by atoms with van der Waals surface area (Å²) >= 11 is 0. The van der Waals surface area contributed by atoms with E-state index in [1.54, 1.807) is 0 Å². The Morgan fingerprint density at radius 1 is 1.50 bits per heavy atom. The number of aromatic nitrogens is 2. The van der Waals surface area contributed by atoms with Gasteiger partial charge in [0.05, 0.1) is 0 Å². The molecule has 90 valence electrons. The molecule has 1 saturated carbocycles. The van der Waals surface area contributed by atoms with Crippen LogP contribution in [0.5, 0.6) is 0 Å². The molecule has 3 nitrogen and oxygen atoms in total. The Hall–Kier alpha value is -0.830. The highest BCUT2D eigenvalue weighted by molar-refractivity contribution is 5.00. The zero-order chi connectivity index (χ0) is 11.4. The van der Waals surface area contributed by atoms with E-state index in [2.05, 4.69) is 23.4 Å². The van der Waals surface area contributed by atoms with Gasteiger partial charge >= 0.3 is 0 Å². The summed E-state index contributed by atoms with van der Waals surface area (Å²) in [6.07, 6.45) is 8.64. The molecule has 3 heteroatoms. The fraction of sp³-hybridized carbons (Fsp3) is 0.769. The Balaban J connectivity index is 1.69. The Kier molecular flexibility index (Phi) is 3.99. The zero-order valence-electron chi connectivity index (χ0n) is 10.4. The Bertz CT molecular complexity index is 313. The minimum atomic E-state index is 0.677. The van der Waals surface area contributed by atoms with Gasteiger partial charge in [-0.2, -0.15) is 5.10 Å². The third-order valence-electron chi connectivity index (χ3n) is 3.88. The van der Waals surface area contributed by atoms with E-state index in [0.29, 0.717) is 6.04 Å². The summed E-state index contributed by atoms with van der Waals surface area (Å²) in [5.41, 5.74) is 1.31. The summed E-state index contributed by atoms with van der Waals surface area (Å²) in [7, 11) is 2.01. The molecule has 1 aromatic heterocycles. The number of rotatable bonds is 5. The maximum absolute atomic E-state index is 4.18. The van der Waals surface area contributed by atoms with Gasteiger partial charge in [0.25, 0.3) is 0 Å². The summed E-state index contributed by atoms with van der Waals surface area (Å²) in [6.45, 7) is 3.40. The van der Waals surface area contributed by atoms with E-state index in [4.69, 9.17) is 0 Å². The van der Waals surface area contributed by atoms with E-state index < -0.39 is 0 Å². The first-order valence-electron chi connectivity index (χ1n) is 6.47. The average molecular weight is 221 g/mol. The molecule has 0 saturated heterocycles. The third-order valence-corrected chi connectivity index (χ3v) is 3.88. The van der Waals surface area contributed by atoms with E-state index in [9.17, 15) is 0 Å². The van der Waals surface area contributed by atoms with Gasteiger partial charge in [-0.3, -0.25) is 4.68 Å². The molecule has 1 heterocycles. The van der Waals surface area contributed by atoms with Crippen LogP contribution >= 0.6 is 0 Å². The quantitative estimate of drug-likeness (QED) is 0.825. The molecule has 1 fully saturated rings. The first kappa shape index (κ1) is 11.6. The standard InChI is InChI=1S/C13H23N3/c1-11(12-5-3-4-6-12)14-9-7-13-8-10-15-16(13)2/h8,10-12,14H,3-7,9H2,1-2H3/t11-/m1/s1. The van der Waals surface area contributed by atoms with Crippen molar-refractivity contribution in [2.75, 3.05) is 6.54 Å². The molecule has 1 atom stereocenters. The summed E-state index contributed by atoms with van der Waals surface area (Å²) in [5, 5.41) is 7.83. The molecule has 1 aromatic rings. The molecule has 1 aliphatic rings. The van der Waals surface area contributed by atoms with Crippen LogP contribution in [-0.2, 0) is 13.5 Å². The third kappa shape index (κ3) is 2.85. The van der Waals surface area contributed by atoms with Crippen LogP contribution in [0.1, 0.15) is 38.3 Å². The minimum absolute atomic E-state index is 0.677. The van der Waals surface area contributed by atoms with Gasteiger partial charge in [-0.15, -0.1) is 0 Å². The van der Waals surface area contributed by atoms with Crippen LogP contribution in [0.25, 0.3) is 0 Å². The number of aryl methyl sites for hydroxylation is 1. The van der Waals surface area contributed by atoms with Gasteiger partial charge in [0.15, 0.2) is 0 Å². The van der Waals surface area contributed by atoms with Crippen LogP contribution < -0.4 is 5.32 Å². The lowest BCUT2D eigenvalue weighted by Gasteiger charge is -2.20. The zero-order valence-corrected chi connectivity index (χ0v) is 10.4. The second-order valence-electron chi connectivity index (χ2n) is 4.98. The number of nitrogens with one attached hydrogen (secondary N) is 1. The summed E-state index contributed by atoms with van der Waals surface area (Å²) in [6, 6.07) is 2.78. The van der Waals surface area contributed by atoms with Crippen molar-refractivity contribution in [1.29, 1.82) is 0 Å². The van der Waals surface area contributed by atoms with Gasteiger partial charge in [0, 0.05) is 37.9 Å². The van der Waals surface area contributed by atoms with Crippen LogP contribution in [0, 0.1) is 5.92 Å². The van der Waals surface area contributed by atoms with Crippen molar-refractivity contribution in [3.05, 3.63) is 18.0 Å². The first-order chi connectivity index (χ1) is 7.77. The largest absolute Gasteiger partial charge is 0.314 e. The Labute approximate surface area is 98.2 Å². The number of hydrogen-bond donors (Lipinski definition) is 1. The normalized spacial score (nSPS) is 19.1. The predicted molar refractivity (Wildman–Crippen MR) is 66.3 cm³/mol. The van der Waals surface area contributed by atoms with Crippen molar-refractivity contribution >= 4 is 0 Å². The summed E-state index contributed by atoms with van der Waals surface area (Å²) < 4.78 is 1.96. The second-order valence-corrected chi connectivity index (χ2v) is 4.98. The molecule has 2 rings (SSSR count). The van der Waals surface area contributed by atoms with Crippen LogP contribution in [-0.4, -0.2) is 22.4 Å². The van der Waals surface area contributed by atoms with E-state index in [0.717, 1.165) is 18.9 Å². The molecule has 0 amide bonds. The highest BCUT2D eigenvalue weighted by Crippen LogP contribution is 2.27. The van der Waals surface area contributed by atoms with Crippen LogP contribution in [0.15, 0.2) is 12.3 Å². The molecule has 0 bridgehead atoms. The monoisotopic (exact) mass is 221 g/mol. The molecule has 0 aliphatic heterocycles. The molecule has 0 aromatic carbocycles. The number of nitrogens with zero attached hydrogens (tertiary/aromatic N) is 2. The van der Waals surface area contributed by atoms with Gasteiger partial charge in [-0.05, 0) is 31.7 Å². The maximum Gasteiger partial charge on any atom is 0.0492 e. The molecular weight excluding hydrogens is 198 g/mol. The minimum Gasteiger partial charge on any atom is -0.314 e. The van der Waals surface area contributed by atoms with Crippen LogP contribution in [0.4, 0.5) is 0 Å². The first-order valence-corrected chi connectivity index (χ1v) is 6.47. The van der Waals surface area contributed by atoms with Gasteiger partial charge in [-0.1, -0.05) is 12.8 Å². The van der Waals surface area contributed by atoms with E-state index in [1.165, 1.54) is 31.4 Å². The molecule has 0 radical (unpaired) electrons. The van der Waals surface area contributed by atoms with Crippen LogP contribution in [0.3, 0.4) is 0 Å². The molecule has 1 aliphatic carbocycles. The van der Waals surface area contributed by atoms with Crippen molar-refractivity contribution < 1.29 is 0 Å². The Morgan fingerprint density at radius 2 is 2.25 bits per heavy atom. The molecule has 0 spiro atoms. The van der Waals surface area contributed by atoms with Gasteiger partial charge < -0.3 is 5.32 Å². The fourth-order valence-corrected chi connectivity index (χ4v) is 2.70. The van der Waals surface area contributed by atoms with Crippen molar-refractivity contribution in [1.82, 2.24) is 15.1 Å². The SMILES string of the molecule is C[C@@H](NCCc1ccnn1C)C1CCCC1. The lowest BCUT2D eigenvalue weighted by molar-refractivity contribution is 0.383. The second kappa shape index (κ2) is 5.48. The molecule has 1 N–H and O–H groups in total. The summed E-state index contributed by atoms with van der Waals surface area (Å²) in [4.78, 5) is 0. The lowest BCUT2D eigenvalue weighted by Crippen LogP contribution is -2.33. The van der Waals surface area contributed by atoms with Gasteiger partial charge in [-0.25, -0.2) is 0 Å². The van der Waals surface area contributed by atoms with E-state index in [-0.39, 0.29) is 0 Å². The van der Waals surface area contributed by atoms with Crippen molar-refractivity contribution in [2.45, 2.75) is 45.1 Å². The van der Waals surface area contributed by atoms with Gasteiger partial charge in [0.2, 0.25) is 0 Å². The average Bonchev–Trinajstić information content (AvgIpc) is 2.90. The van der Waals surface area contributed by atoms with E-state index >= 15 is 0 Å². The summed E-state index contributed by atoms with van der Waals surface area (Å²) in [5.74, 6) is 0.909. The highest BCUT2D eigenvalue weighted by atomic mass is 15.3. The smallest absolute Gasteiger partial charge is 0.0492 e. The maximum atomic E-state index is 4.18. The lowest BCUT2D eigenvalue weighted by atomic mass is 10.00. The van der Waals surface area contributed by atoms with Crippen molar-refractivity contribution in [3.63, 3.8) is 0 Å². The van der Waals surface area contributed by atoms with Crippen molar-refractivity contribution in [3.8, 4) is 0 Å². The van der Waals surface area contributed by atoms with E-state index in [1.807, 2.05) is 17.9 Å². The predicted octanol–water partition coefficient (Wildman–Crippen LogP) is 2.13. The number of hydrogen-bond acceptors (Lipinski definition) is 2.